The Balaban J connectivity index is 1.75. The van der Waals surface area contributed by atoms with Crippen molar-refractivity contribution in [1.29, 1.82) is 0 Å². The Hall–Kier alpha value is -0.0400. The second-order valence-electron chi connectivity index (χ2n) is 6.79. The maximum Gasteiger partial charge on any atom is 0.00414 e. The minimum absolute atomic E-state index is 0.473. The highest BCUT2D eigenvalue weighted by atomic mass is 14.7. The minimum Gasteiger partial charge on any atom is -0.328 e. The van der Waals surface area contributed by atoms with Crippen LogP contribution in [0, 0.1) is 23.2 Å². The van der Waals surface area contributed by atoms with E-state index < -0.39 is 0 Å². The van der Waals surface area contributed by atoms with Crippen LogP contribution in [0.25, 0.3) is 0 Å². The summed E-state index contributed by atoms with van der Waals surface area (Å²) in [6.07, 6.45) is 11.7. The summed E-state index contributed by atoms with van der Waals surface area (Å²) >= 11 is 0. The first kappa shape index (κ1) is 10.1. The quantitative estimate of drug-likeness (QED) is 0.754. The van der Waals surface area contributed by atoms with E-state index in [1.54, 1.807) is 19.3 Å². The lowest BCUT2D eigenvalue weighted by molar-refractivity contribution is -0.0604. The minimum atomic E-state index is 0.473. The normalized spacial score (nSPS) is 49.6. The Bertz CT molecular complexity index is 210. The first-order valence-electron chi connectivity index (χ1n) is 6.95. The fourth-order valence-electron chi connectivity index (χ4n) is 5.24. The standard InChI is InChI=1S/C14H25N/c1-2-13(15)9-14-6-10-3-11(7-14)5-12(4-10)8-14/h10-13H,2-9,15H2,1H3/t10?,11?,12?,13-,14?/m0/s1. The molecule has 0 aromatic rings. The van der Waals surface area contributed by atoms with E-state index in [1.807, 2.05) is 0 Å². The van der Waals surface area contributed by atoms with Gasteiger partial charge < -0.3 is 5.73 Å². The zero-order chi connectivity index (χ0) is 10.5. The number of hydrogen-bond donors (Lipinski definition) is 1. The van der Waals surface area contributed by atoms with Crippen molar-refractivity contribution >= 4 is 0 Å². The van der Waals surface area contributed by atoms with Gasteiger partial charge in [0.2, 0.25) is 0 Å². The van der Waals surface area contributed by atoms with E-state index in [1.165, 1.54) is 32.1 Å². The summed E-state index contributed by atoms with van der Waals surface area (Å²) in [4.78, 5) is 0. The highest BCUT2D eigenvalue weighted by Crippen LogP contribution is 2.61. The maximum atomic E-state index is 6.19. The third-order valence-electron chi connectivity index (χ3n) is 5.38. The summed E-state index contributed by atoms with van der Waals surface area (Å²) in [5.74, 6) is 3.25. The summed E-state index contributed by atoms with van der Waals surface area (Å²) in [6, 6.07) is 0.473. The van der Waals surface area contributed by atoms with Gasteiger partial charge in [0.1, 0.15) is 0 Å². The molecule has 0 aromatic heterocycles. The van der Waals surface area contributed by atoms with E-state index in [4.69, 9.17) is 5.73 Å². The molecule has 0 aliphatic heterocycles. The molecule has 2 N–H and O–H groups in total. The number of rotatable bonds is 3. The van der Waals surface area contributed by atoms with Crippen molar-refractivity contribution in [3.05, 3.63) is 0 Å². The van der Waals surface area contributed by atoms with E-state index in [0.717, 1.165) is 17.8 Å². The lowest BCUT2D eigenvalue weighted by Crippen LogP contribution is -2.48. The highest BCUT2D eigenvalue weighted by molar-refractivity contribution is 5.02. The van der Waals surface area contributed by atoms with Crippen LogP contribution in [0.2, 0.25) is 0 Å². The molecule has 0 aromatic carbocycles. The summed E-state index contributed by atoms with van der Waals surface area (Å²) in [5, 5.41) is 0. The van der Waals surface area contributed by atoms with Gasteiger partial charge in [0.25, 0.3) is 0 Å². The van der Waals surface area contributed by atoms with Crippen LogP contribution in [0.1, 0.15) is 58.3 Å². The second kappa shape index (κ2) is 3.48. The van der Waals surface area contributed by atoms with Crippen LogP contribution < -0.4 is 5.73 Å². The monoisotopic (exact) mass is 207 g/mol. The average molecular weight is 207 g/mol. The summed E-state index contributed by atoms with van der Waals surface area (Å²) in [6.45, 7) is 2.24. The smallest absolute Gasteiger partial charge is 0.00414 e. The molecule has 0 spiro atoms. The number of nitrogens with two attached hydrogens (primary N) is 1. The molecule has 15 heavy (non-hydrogen) atoms. The summed E-state index contributed by atoms with van der Waals surface area (Å²) < 4.78 is 0. The molecular weight excluding hydrogens is 182 g/mol. The van der Waals surface area contributed by atoms with E-state index in [0.29, 0.717) is 11.5 Å². The van der Waals surface area contributed by atoms with Crippen molar-refractivity contribution < 1.29 is 0 Å². The van der Waals surface area contributed by atoms with E-state index >= 15 is 0 Å². The Labute approximate surface area is 93.8 Å². The van der Waals surface area contributed by atoms with Gasteiger partial charge in [-0.2, -0.15) is 0 Å². The largest absolute Gasteiger partial charge is 0.328 e. The molecule has 0 unspecified atom stereocenters. The van der Waals surface area contributed by atoms with E-state index in [2.05, 4.69) is 6.92 Å². The van der Waals surface area contributed by atoms with Gasteiger partial charge >= 0.3 is 0 Å². The predicted molar refractivity (Wildman–Crippen MR) is 63.5 cm³/mol. The number of hydrogen-bond acceptors (Lipinski definition) is 1. The van der Waals surface area contributed by atoms with Crippen LogP contribution in [0.15, 0.2) is 0 Å². The van der Waals surface area contributed by atoms with Crippen molar-refractivity contribution in [2.75, 3.05) is 0 Å². The van der Waals surface area contributed by atoms with E-state index in [9.17, 15) is 0 Å². The van der Waals surface area contributed by atoms with Gasteiger partial charge in [-0.05, 0) is 74.5 Å². The first-order valence-corrected chi connectivity index (χ1v) is 6.95. The predicted octanol–water partition coefficient (Wildman–Crippen LogP) is 3.33. The molecule has 1 heteroatoms. The van der Waals surface area contributed by atoms with Crippen molar-refractivity contribution in [2.24, 2.45) is 28.9 Å². The molecule has 0 radical (unpaired) electrons. The Morgan fingerprint density at radius 2 is 1.53 bits per heavy atom. The SMILES string of the molecule is CC[C@H](N)CC12CC3CC(CC(C3)C1)C2. The molecule has 1 atom stereocenters. The topological polar surface area (TPSA) is 26.0 Å². The van der Waals surface area contributed by atoms with Crippen molar-refractivity contribution in [2.45, 2.75) is 64.3 Å². The fraction of sp³-hybridized carbons (Fsp3) is 1.00. The van der Waals surface area contributed by atoms with Gasteiger partial charge in [0, 0.05) is 6.04 Å². The van der Waals surface area contributed by atoms with Crippen LogP contribution >= 0.6 is 0 Å². The van der Waals surface area contributed by atoms with Crippen LogP contribution in [-0.4, -0.2) is 6.04 Å². The average Bonchev–Trinajstić information content (AvgIpc) is 2.14. The molecule has 4 bridgehead atoms. The third kappa shape index (κ3) is 1.73. The molecule has 0 saturated heterocycles. The first-order chi connectivity index (χ1) is 7.19. The Morgan fingerprint density at radius 3 is 1.93 bits per heavy atom. The molecular formula is C14H25N. The van der Waals surface area contributed by atoms with Crippen LogP contribution in [0.4, 0.5) is 0 Å². The summed E-state index contributed by atoms with van der Waals surface area (Å²) in [5.41, 5.74) is 6.89. The lowest BCUT2D eigenvalue weighted by Gasteiger charge is -2.57. The van der Waals surface area contributed by atoms with Crippen molar-refractivity contribution in [3.63, 3.8) is 0 Å². The molecule has 1 nitrogen and oxygen atoms in total. The van der Waals surface area contributed by atoms with Gasteiger partial charge in [-0.1, -0.05) is 6.92 Å². The molecule has 0 amide bonds. The molecule has 4 aliphatic carbocycles. The van der Waals surface area contributed by atoms with Gasteiger partial charge in [-0.15, -0.1) is 0 Å². The van der Waals surface area contributed by atoms with Crippen LogP contribution in [0.3, 0.4) is 0 Å². The lowest BCUT2D eigenvalue weighted by atomic mass is 9.48. The zero-order valence-corrected chi connectivity index (χ0v) is 10.0. The van der Waals surface area contributed by atoms with E-state index in [-0.39, 0.29) is 0 Å². The Kier molecular flexibility index (Phi) is 2.35. The second-order valence-corrected chi connectivity index (χ2v) is 6.79. The molecule has 86 valence electrons. The Morgan fingerprint density at radius 1 is 1.07 bits per heavy atom. The van der Waals surface area contributed by atoms with Gasteiger partial charge in [-0.3, -0.25) is 0 Å². The van der Waals surface area contributed by atoms with Gasteiger partial charge in [0.05, 0.1) is 0 Å². The zero-order valence-electron chi connectivity index (χ0n) is 10.0. The van der Waals surface area contributed by atoms with Crippen molar-refractivity contribution in [1.82, 2.24) is 0 Å². The molecule has 4 aliphatic rings. The van der Waals surface area contributed by atoms with Crippen molar-refractivity contribution in [3.8, 4) is 0 Å². The fourth-order valence-corrected chi connectivity index (χ4v) is 5.24. The van der Waals surface area contributed by atoms with Crippen LogP contribution in [0.5, 0.6) is 0 Å². The molecule has 0 heterocycles. The van der Waals surface area contributed by atoms with Gasteiger partial charge in [-0.25, -0.2) is 0 Å². The molecule has 4 fully saturated rings. The maximum absolute atomic E-state index is 6.19. The van der Waals surface area contributed by atoms with Gasteiger partial charge in [0.15, 0.2) is 0 Å². The molecule has 4 rings (SSSR count). The third-order valence-corrected chi connectivity index (χ3v) is 5.38. The summed E-state index contributed by atoms with van der Waals surface area (Å²) in [7, 11) is 0. The molecule has 4 saturated carbocycles. The highest BCUT2D eigenvalue weighted by Gasteiger charge is 2.50. The van der Waals surface area contributed by atoms with Crippen LogP contribution in [-0.2, 0) is 0 Å².